The van der Waals surface area contributed by atoms with Crippen LogP contribution in [0.2, 0.25) is 5.02 Å². The average Bonchev–Trinajstić information content (AvgIpc) is 3.13. The summed E-state index contributed by atoms with van der Waals surface area (Å²) >= 11 is 6.30. The van der Waals surface area contributed by atoms with Crippen LogP contribution in [0.5, 0.6) is 11.5 Å². The average molecular weight is 364 g/mol. The molecule has 0 saturated carbocycles. The number of aromatic amines is 1. The van der Waals surface area contributed by atoms with Crippen molar-refractivity contribution in [2.24, 2.45) is 0 Å². The Morgan fingerprint density at radius 3 is 2.76 bits per heavy atom. The highest BCUT2D eigenvalue weighted by Crippen LogP contribution is 2.34. The molecule has 2 aromatic carbocycles. The molecule has 0 spiro atoms. The van der Waals surface area contributed by atoms with Crippen molar-refractivity contribution in [2.45, 2.75) is 13.2 Å². The highest BCUT2D eigenvalue weighted by atomic mass is 35.5. The van der Waals surface area contributed by atoms with E-state index >= 15 is 0 Å². The van der Waals surface area contributed by atoms with Crippen LogP contribution in [0.15, 0.2) is 36.4 Å². The van der Waals surface area contributed by atoms with Crippen molar-refractivity contribution in [3.8, 4) is 11.5 Å². The maximum atomic E-state index is 13.7. The van der Waals surface area contributed by atoms with Crippen LogP contribution in [0.3, 0.4) is 0 Å². The first-order chi connectivity index (χ1) is 12.2. The second kappa shape index (κ2) is 7.80. The van der Waals surface area contributed by atoms with Crippen molar-refractivity contribution >= 4 is 17.5 Å². The van der Waals surface area contributed by atoms with Gasteiger partial charge in [0.15, 0.2) is 11.5 Å². The summed E-state index contributed by atoms with van der Waals surface area (Å²) in [7, 11) is 1.52. The standard InChI is InChI=1S/C16H15ClFN5O2/c1-24-14-6-11(8-19-16-20-22-23-21-16)12(17)7-15(14)25-9-10-4-2-3-5-13(10)18/h2-7H,8-9H2,1H3,(H2,19,20,21,22,23). The van der Waals surface area contributed by atoms with Crippen LogP contribution in [-0.4, -0.2) is 27.7 Å². The van der Waals surface area contributed by atoms with Crippen molar-refractivity contribution in [1.82, 2.24) is 20.6 Å². The molecule has 3 rings (SSSR count). The summed E-state index contributed by atoms with van der Waals surface area (Å²) in [5.74, 6) is 0.952. The van der Waals surface area contributed by atoms with Crippen LogP contribution < -0.4 is 14.8 Å². The van der Waals surface area contributed by atoms with E-state index < -0.39 is 0 Å². The number of hydrogen-bond acceptors (Lipinski definition) is 6. The molecule has 0 unspecified atom stereocenters. The van der Waals surface area contributed by atoms with Gasteiger partial charge in [-0.05, 0) is 22.9 Å². The number of aromatic nitrogens is 4. The molecule has 0 bridgehead atoms. The van der Waals surface area contributed by atoms with Gasteiger partial charge in [-0.1, -0.05) is 34.9 Å². The summed E-state index contributed by atoms with van der Waals surface area (Å²) in [6.45, 7) is 0.447. The Morgan fingerprint density at radius 1 is 1.20 bits per heavy atom. The lowest BCUT2D eigenvalue weighted by Gasteiger charge is -2.14. The maximum absolute atomic E-state index is 13.7. The molecule has 0 aliphatic heterocycles. The molecule has 9 heteroatoms. The number of rotatable bonds is 7. The Morgan fingerprint density at radius 2 is 2.04 bits per heavy atom. The molecule has 2 N–H and O–H groups in total. The predicted molar refractivity (Wildman–Crippen MR) is 90.2 cm³/mol. The molecule has 130 valence electrons. The second-order valence-corrected chi connectivity index (χ2v) is 5.47. The van der Waals surface area contributed by atoms with E-state index in [1.54, 1.807) is 30.3 Å². The van der Waals surface area contributed by atoms with E-state index in [-0.39, 0.29) is 12.4 Å². The Hall–Kier alpha value is -2.87. The number of anilines is 1. The van der Waals surface area contributed by atoms with Gasteiger partial charge in [0.2, 0.25) is 0 Å². The van der Waals surface area contributed by atoms with Gasteiger partial charge in [-0.15, -0.1) is 5.10 Å². The number of tetrazole rings is 1. The van der Waals surface area contributed by atoms with E-state index in [4.69, 9.17) is 21.1 Å². The first-order valence-corrected chi connectivity index (χ1v) is 7.75. The van der Waals surface area contributed by atoms with Crippen molar-refractivity contribution in [3.05, 3.63) is 58.4 Å². The summed E-state index contributed by atoms with van der Waals surface area (Å²) < 4.78 is 24.7. The number of hydrogen-bond donors (Lipinski definition) is 2. The van der Waals surface area contributed by atoms with Crippen LogP contribution in [0.4, 0.5) is 10.3 Å². The van der Waals surface area contributed by atoms with Crippen LogP contribution in [0.25, 0.3) is 0 Å². The number of benzene rings is 2. The fourth-order valence-electron chi connectivity index (χ4n) is 2.17. The lowest BCUT2D eigenvalue weighted by Crippen LogP contribution is -2.04. The molecule has 0 amide bonds. The number of nitrogens with one attached hydrogen (secondary N) is 2. The van der Waals surface area contributed by atoms with E-state index in [1.165, 1.54) is 13.2 Å². The molecule has 0 radical (unpaired) electrons. The molecular weight excluding hydrogens is 349 g/mol. The lowest BCUT2D eigenvalue weighted by molar-refractivity contribution is 0.279. The van der Waals surface area contributed by atoms with Crippen molar-refractivity contribution in [1.29, 1.82) is 0 Å². The molecule has 1 aromatic heterocycles. The molecule has 0 saturated heterocycles. The first kappa shape index (κ1) is 17.0. The van der Waals surface area contributed by atoms with E-state index in [2.05, 4.69) is 25.9 Å². The van der Waals surface area contributed by atoms with Crippen molar-refractivity contribution in [2.75, 3.05) is 12.4 Å². The van der Waals surface area contributed by atoms with Crippen LogP contribution >= 0.6 is 11.6 Å². The summed E-state index contributed by atoms with van der Waals surface area (Å²) in [6, 6.07) is 9.79. The zero-order valence-electron chi connectivity index (χ0n) is 13.3. The fourth-order valence-corrected chi connectivity index (χ4v) is 2.39. The molecule has 3 aromatic rings. The minimum atomic E-state index is -0.325. The number of nitrogens with zero attached hydrogens (tertiary/aromatic N) is 3. The summed E-state index contributed by atoms with van der Waals surface area (Å²) in [6.07, 6.45) is 0. The Bertz CT molecular complexity index is 845. The van der Waals surface area contributed by atoms with E-state index in [9.17, 15) is 4.39 Å². The number of methoxy groups -OCH3 is 1. The zero-order valence-corrected chi connectivity index (χ0v) is 14.0. The molecule has 7 nitrogen and oxygen atoms in total. The molecule has 1 heterocycles. The minimum Gasteiger partial charge on any atom is -0.493 e. The zero-order chi connectivity index (χ0) is 17.6. The van der Waals surface area contributed by atoms with Gasteiger partial charge < -0.3 is 14.8 Å². The van der Waals surface area contributed by atoms with E-state index in [0.717, 1.165) is 5.56 Å². The van der Waals surface area contributed by atoms with E-state index in [0.29, 0.717) is 34.6 Å². The predicted octanol–water partition coefficient (Wildman–Crippen LogP) is 3.19. The van der Waals surface area contributed by atoms with Gasteiger partial charge in [0, 0.05) is 23.2 Å². The molecule has 0 fully saturated rings. The molecule has 0 aliphatic carbocycles. The topological polar surface area (TPSA) is 85.0 Å². The number of H-pyrrole nitrogens is 1. The lowest BCUT2D eigenvalue weighted by atomic mass is 10.2. The number of halogens is 2. The minimum absolute atomic E-state index is 0.0693. The molecule has 25 heavy (non-hydrogen) atoms. The smallest absolute Gasteiger partial charge is 0.263 e. The Labute approximate surface area is 148 Å². The van der Waals surface area contributed by atoms with Crippen molar-refractivity contribution in [3.63, 3.8) is 0 Å². The third kappa shape index (κ3) is 4.16. The van der Waals surface area contributed by atoms with Gasteiger partial charge in [-0.25, -0.2) is 4.39 Å². The van der Waals surface area contributed by atoms with Gasteiger partial charge in [-0.2, -0.15) is 5.21 Å². The normalized spacial score (nSPS) is 10.5. The molecular formula is C16H15ClFN5O2. The highest BCUT2D eigenvalue weighted by molar-refractivity contribution is 6.31. The van der Waals surface area contributed by atoms with Crippen LogP contribution in [-0.2, 0) is 13.2 Å². The van der Waals surface area contributed by atoms with Gasteiger partial charge >= 0.3 is 0 Å². The van der Waals surface area contributed by atoms with Crippen molar-refractivity contribution < 1.29 is 13.9 Å². The van der Waals surface area contributed by atoms with Gasteiger partial charge in [0.05, 0.1) is 7.11 Å². The van der Waals surface area contributed by atoms with Crippen LogP contribution in [0, 0.1) is 5.82 Å². The maximum Gasteiger partial charge on any atom is 0.263 e. The Kier molecular flexibility index (Phi) is 5.30. The largest absolute Gasteiger partial charge is 0.493 e. The summed E-state index contributed by atoms with van der Waals surface area (Å²) in [4.78, 5) is 0. The number of ether oxygens (including phenoxy) is 2. The molecule has 0 atom stereocenters. The monoisotopic (exact) mass is 363 g/mol. The second-order valence-electron chi connectivity index (χ2n) is 5.06. The Balaban J connectivity index is 1.73. The van der Waals surface area contributed by atoms with Gasteiger partial charge in [0.1, 0.15) is 12.4 Å². The van der Waals surface area contributed by atoms with Gasteiger partial charge in [0.25, 0.3) is 5.95 Å². The highest BCUT2D eigenvalue weighted by Gasteiger charge is 2.12. The molecule has 0 aliphatic rings. The third-order valence-corrected chi connectivity index (χ3v) is 3.81. The summed E-state index contributed by atoms with van der Waals surface area (Å²) in [5.41, 5.74) is 1.21. The first-order valence-electron chi connectivity index (χ1n) is 7.37. The van der Waals surface area contributed by atoms with Crippen LogP contribution in [0.1, 0.15) is 11.1 Å². The third-order valence-electron chi connectivity index (χ3n) is 3.46. The van der Waals surface area contributed by atoms with E-state index in [1.807, 2.05) is 0 Å². The quantitative estimate of drug-likeness (QED) is 0.670. The SMILES string of the molecule is COc1cc(CNc2nn[nH]n2)c(Cl)cc1OCc1ccccc1F. The van der Waals surface area contributed by atoms with Gasteiger partial charge in [-0.3, -0.25) is 0 Å². The fraction of sp³-hybridized carbons (Fsp3) is 0.188. The summed E-state index contributed by atoms with van der Waals surface area (Å²) in [5, 5.41) is 16.8.